The number of amides is 2. The smallest absolute Gasteiger partial charge is 0.242 e. The van der Waals surface area contributed by atoms with Gasteiger partial charge in [0.25, 0.3) is 0 Å². The van der Waals surface area contributed by atoms with Gasteiger partial charge in [0.15, 0.2) is 0 Å². The lowest BCUT2D eigenvalue weighted by atomic mass is 9.93. The van der Waals surface area contributed by atoms with Gasteiger partial charge in [-0.3, -0.25) is 9.59 Å². The third-order valence-electron chi connectivity index (χ3n) is 6.52. The molecule has 0 spiro atoms. The molecule has 0 radical (unpaired) electrons. The molecule has 0 N–H and O–H groups in total. The first-order valence-electron chi connectivity index (χ1n) is 11.4. The molecule has 1 atom stereocenters. The average Bonchev–Trinajstić information content (AvgIpc) is 3.50. The number of ether oxygens (including phenoxy) is 1. The molecule has 2 amide bonds. The molecule has 2 aliphatic rings. The molecule has 1 aromatic heterocycles. The van der Waals surface area contributed by atoms with Gasteiger partial charge >= 0.3 is 0 Å². The maximum absolute atomic E-state index is 13.6. The summed E-state index contributed by atoms with van der Waals surface area (Å²) in [5, 5.41) is 2.12. The van der Waals surface area contributed by atoms with Crippen molar-refractivity contribution < 1.29 is 14.3 Å². The van der Waals surface area contributed by atoms with Gasteiger partial charge in [-0.15, -0.1) is 11.3 Å². The van der Waals surface area contributed by atoms with Crippen molar-refractivity contribution in [2.24, 2.45) is 5.92 Å². The number of carbonyl (C=O) groups is 2. The Bertz CT molecular complexity index is 876. The van der Waals surface area contributed by atoms with Crippen LogP contribution in [0.15, 0.2) is 41.8 Å². The van der Waals surface area contributed by atoms with Gasteiger partial charge in [-0.25, -0.2) is 0 Å². The first-order valence-corrected chi connectivity index (χ1v) is 12.3. The van der Waals surface area contributed by atoms with E-state index in [-0.39, 0.29) is 30.3 Å². The molecular weight excluding hydrogens is 408 g/mol. The number of methoxy groups -OCH3 is 1. The number of fused-ring (bicyclic) bond motifs is 1. The quantitative estimate of drug-likeness (QED) is 0.576. The van der Waals surface area contributed by atoms with E-state index in [1.807, 2.05) is 23.1 Å². The van der Waals surface area contributed by atoms with E-state index in [2.05, 4.69) is 23.6 Å². The van der Waals surface area contributed by atoms with Gasteiger partial charge in [0.2, 0.25) is 11.8 Å². The molecule has 1 aliphatic heterocycles. The highest BCUT2D eigenvalue weighted by atomic mass is 32.1. The van der Waals surface area contributed by atoms with Crippen LogP contribution in [0.4, 0.5) is 0 Å². The highest BCUT2D eigenvalue weighted by Gasteiger charge is 2.35. The molecule has 1 aromatic carbocycles. The van der Waals surface area contributed by atoms with Gasteiger partial charge in [-0.2, -0.15) is 0 Å². The fourth-order valence-electron chi connectivity index (χ4n) is 4.93. The zero-order chi connectivity index (χ0) is 21.6. The number of thiophene rings is 1. The van der Waals surface area contributed by atoms with Crippen molar-refractivity contribution in [2.75, 3.05) is 33.4 Å². The summed E-state index contributed by atoms with van der Waals surface area (Å²) in [7, 11) is 1.67. The Morgan fingerprint density at radius 3 is 2.68 bits per heavy atom. The summed E-state index contributed by atoms with van der Waals surface area (Å²) in [6, 6.07) is 12.3. The van der Waals surface area contributed by atoms with Crippen molar-refractivity contribution in [3.8, 4) is 0 Å². The molecule has 31 heavy (non-hydrogen) atoms. The third kappa shape index (κ3) is 5.01. The van der Waals surface area contributed by atoms with Crippen LogP contribution in [0.1, 0.15) is 54.1 Å². The van der Waals surface area contributed by atoms with Crippen LogP contribution in [0, 0.1) is 5.92 Å². The Morgan fingerprint density at radius 1 is 1.16 bits per heavy atom. The van der Waals surface area contributed by atoms with Crippen molar-refractivity contribution in [3.05, 3.63) is 57.8 Å². The van der Waals surface area contributed by atoms with E-state index in [4.69, 9.17) is 4.74 Å². The van der Waals surface area contributed by atoms with E-state index < -0.39 is 0 Å². The third-order valence-corrected chi connectivity index (χ3v) is 7.52. The van der Waals surface area contributed by atoms with Gasteiger partial charge in [0.1, 0.15) is 0 Å². The minimum atomic E-state index is -0.0777. The molecule has 0 saturated heterocycles. The van der Waals surface area contributed by atoms with E-state index in [1.165, 1.54) is 10.4 Å². The second-order valence-corrected chi connectivity index (χ2v) is 9.54. The Balaban J connectivity index is 1.54. The fraction of sp³-hybridized carbons (Fsp3) is 0.520. The van der Waals surface area contributed by atoms with Gasteiger partial charge in [0, 0.05) is 37.6 Å². The van der Waals surface area contributed by atoms with Gasteiger partial charge in [-0.05, 0) is 48.3 Å². The van der Waals surface area contributed by atoms with E-state index >= 15 is 0 Å². The normalized spacial score (nSPS) is 18.7. The summed E-state index contributed by atoms with van der Waals surface area (Å²) in [6.07, 6.45) is 5.74. The number of rotatable bonds is 8. The molecule has 2 heterocycles. The summed E-state index contributed by atoms with van der Waals surface area (Å²) in [4.78, 5) is 31.9. The van der Waals surface area contributed by atoms with E-state index in [1.54, 1.807) is 23.3 Å². The first-order chi connectivity index (χ1) is 15.2. The predicted molar refractivity (Wildman–Crippen MR) is 123 cm³/mol. The van der Waals surface area contributed by atoms with Crippen LogP contribution in [0.25, 0.3) is 0 Å². The van der Waals surface area contributed by atoms with Gasteiger partial charge < -0.3 is 14.5 Å². The van der Waals surface area contributed by atoms with Gasteiger partial charge in [-0.1, -0.05) is 43.2 Å². The Kier molecular flexibility index (Phi) is 7.41. The lowest BCUT2D eigenvalue weighted by molar-refractivity contribution is -0.144. The molecule has 1 unspecified atom stereocenters. The van der Waals surface area contributed by atoms with Crippen LogP contribution in [0.2, 0.25) is 0 Å². The van der Waals surface area contributed by atoms with Crippen LogP contribution in [-0.2, 0) is 20.7 Å². The molecular formula is C25H32N2O3S. The molecule has 6 heteroatoms. The highest BCUT2D eigenvalue weighted by molar-refractivity contribution is 7.10. The minimum Gasteiger partial charge on any atom is -0.385 e. The lowest BCUT2D eigenvalue weighted by Crippen LogP contribution is -2.48. The standard InChI is InChI=1S/C25H32N2O3S/c1-30-16-7-14-26(25(29)20-10-5-6-11-20)18-23(28)27-15-12-22-21(13-17-31-22)24(27)19-8-3-2-4-9-19/h2-4,8-9,13,17,20,24H,5-7,10-12,14-16,18H2,1H3. The van der Waals surface area contributed by atoms with Crippen LogP contribution >= 0.6 is 11.3 Å². The number of carbonyl (C=O) groups excluding carboxylic acids is 2. The maximum atomic E-state index is 13.6. The SMILES string of the molecule is COCCCN(CC(=O)N1CCc2sccc2C1c1ccccc1)C(=O)C1CCCC1. The van der Waals surface area contributed by atoms with Crippen LogP contribution in [-0.4, -0.2) is 55.0 Å². The van der Waals surface area contributed by atoms with Crippen molar-refractivity contribution in [1.82, 2.24) is 9.80 Å². The first kappa shape index (κ1) is 22.0. The summed E-state index contributed by atoms with van der Waals surface area (Å²) in [6.45, 7) is 2.01. The van der Waals surface area contributed by atoms with Crippen molar-refractivity contribution in [1.29, 1.82) is 0 Å². The Hall–Kier alpha value is -2.18. The topological polar surface area (TPSA) is 49.9 Å². The molecule has 0 bridgehead atoms. The monoisotopic (exact) mass is 440 g/mol. The van der Waals surface area contributed by atoms with Crippen molar-refractivity contribution in [3.63, 3.8) is 0 Å². The molecule has 1 aliphatic carbocycles. The Labute approximate surface area is 189 Å². The number of nitrogens with zero attached hydrogens (tertiary/aromatic N) is 2. The molecule has 166 valence electrons. The van der Waals surface area contributed by atoms with Crippen LogP contribution < -0.4 is 0 Å². The zero-order valence-corrected chi connectivity index (χ0v) is 19.1. The second kappa shape index (κ2) is 10.4. The van der Waals surface area contributed by atoms with E-state index in [0.29, 0.717) is 19.7 Å². The zero-order valence-electron chi connectivity index (χ0n) is 18.3. The maximum Gasteiger partial charge on any atom is 0.242 e. The largest absolute Gasteiger partial charge is 0.385 e. The summed E-state index contributed by atoms with van der Waals surface area (Å²) in [5.41, 5.74) is 2.35. The number of hydrogen-bond donors (Lipinski definition) is 0. The van der Waals surface area contributed by atoms with Gasteiger partial charge in [0.05, 0.1) is 12.6 Å². The second-order valence-electron chi connectivity index (χ2n) is 8.54. The van der Waals surface area contributed by atoms with E-state index in [9.17, 15) is 9.59 Å². The fourth-order valence-corrected chi connectivity index (χ4v) is 5.84. The lowest BCUT2D eigenvalue weighted by Gasteiger charge is -2.38. The number of hydrogen-bond acceptors (Lipinski definition) is 4. The summed E-state index contributed by atoms with van der Waals surface area (Å²) < 4.78 is 5.19. The van der Waals surface area contributed by atoms with Crippen LogP contribution in [0.5, 0.6) is 0 Å². The molecule has 1 fully saturated rings. The molecule has 2 aromatic rings. The van der Waals surface area contributed by atoms with Crippen LogP contribution in [0.3, 0.4) is 0 Å². The average molecular weight is 441 g/mol. The summed E-state index contributed by atoms with van der Waals surface area (Å²) >= 11 is 1.77. The highest BCUT2D eigenvalue weighted by Crippen LogP contribution is 2.38. The van der Waals surface area contributed by atoms with Crippen molar-refractivity contribution >= 4 is 23.2 Å². The molecule has 1 saturated carbocycles. The summed E-state index contributed by atoms with van der Waals surface area (Å²) in [5.74, 6) is 0.256. The minimum absolute atomic E-state index is 0.0365. The molecule has 4 rings (SSSR count). The predicted octanol–water partition coefficient (Wildman–Crippen LogP) is 4.28. The Morgan fingerprint density at radius 2 is 1.94 bits per heavy atom. The van der Waals surface area contributed by atoms with E-state index in [0.717, 1.165) is 44.1 Å². The number of benzene rings is 1. The molecule has 5 nitrogen and oxygen atoms in total. The van der Waals surface area contributed by atoms with Crippen molar-refractivity contribution in [2.45, 2.75) is 44.6 Å².